The summed E-state index contributed by atoms with van der Waals surface area (Å²) in [5.74, 6) is 1.77. The first-order chi connectivity index (χ1) is 5.22. The van der Waals surface area contributed by atoms with Crippen molar-refractivity contribution in [1.29, 1.82) is 0 Å². The molecule has 4 nitrogen and oxygen atoms in total. The number of hydrogen-bond donors (Lipinski definition) is 2. The Labute approximate surface area is 69.4 Å². The van der Waals surface area contributed by atoms with Crippen LogP contribution in [-0.4, -0.2) is 15.7 Å². The maximum absolute atomic E-state index is 5.45. The molecular weight excluding hydrogens is 160 g/mol. The maximum Gasteiger partial charge on any atom is 0.191 e. The molecule has 1 rings (SSSR count). The molecule has 5 heteroatoms. The SMILES string of the molecule is CCSc1nc(N)cc(N)n1. The van der Waals surface area contributed by atoms with E-state index in [2.05, 4.69) is 9.97 Å². The number of hydrogen-bond acceptors (Lipinski definition) is 5. The Morgan fingerprint density at radius 3 is 2.36 bits per heavy atom. The van der Waals surface area contributed by atoms with Crippen LogP contribution < -0.4 is 11.5 Å². The number of nitrogen functional groups attached to an aromatic ring is 2. The van der Waals surface area contributed by atoms with E-state index in [0.29, 0.717) is 16.8 Å². The fraction of sp³-hybridized carbons (Fsp3) is 0.333. The molecule has 0 saturated carbocycles. The lowest BCUT2D eigenvalue weighted by Crippen LogP contribution is -1.98. The zero-order valence-corrected chi connectivity index (χ0v) is 7.06. The highest BCUT2D eigenvalue weighted by Crippen LogP contribution is 2.14. The number of rotatable bonds is 2. The van der Waals surface area contributed by atoms with E-state index < -0.39 is 0 Å². The van der Waals surface area contributed by atoms with Crippen LogP contribution in [0.15, 0.2) is 11.2 Å². The highest BCUT2D eigenvalue weighted by atomic mass is 32.2. The van der Waals surface area contributed by atoms with Gasteiger partial charge in [0.15, 0.2) is 5.16 Å². The van der Waals surface area contributed by atoms with Crippen molar-refractivity contribution in [3.63, 3.8) is 0 Å². The zero-order chi connectivity index (χ0) is 8.27. The molecule has 0 aliphatic rings. The van der Waals surface area contributed by atoms with Crippen molar-refractivity contribution in [3.05, 3.63) is 6.07 Å². The lowest BCUT2D eigenvalue weighted by Gasteiger charge is -1.99. The molecule has 0 spiro atoms. The first kappa shape index (κ1) is 8.13. The molecule has 60 valence electrons. The van der Waals surface area contributed by atoms with Gasteiger partial charge in [0.25, 0.3) is 0 Å². The topological polar surface area (TPSA) is 77.8 Å². The largest absolute Gasteiger partial charge is 0.383 e. The predicted octanol–water partition coefficient (Wildman–Crippen LogP) is 0.753. The summed E-state index contributed by atoms with van der Waals surface area (Å²) < 4.78 is 0. The third-order valence-corrected chi connectivity index (χ3v) is 1.75. The van der Waals surface area contributed by atoms with Gasteiger partial charge in [-0.25, -0.2) is 9.97 Å². The van der Waals surface area contributed by atoms with Gasteiger partial charge in [0.2, 0.25) is 0 Å². The second-order valence-electron chi connectivity index (χ2n) is 1.93. The highest BCUT2D eigenvalue weighted by molar-refractivity contribution is 7.99. The number of nitrogens with zero attached hydrogens (tertiary/aromatic N) is 2. The van der Waals surface area contributed by atoms with Crippen LogP contribution in [0.2, 0.25) is 0 Å². The monoisotopic (exact) mass is 170 g/mol. The molecule has 0 aromatic carbocycles. The van der Waals surface area contributed by atoms with Crippen molar-refractivity contribution in [3.8, 4) is 0 Å². The Bertz CT molecular complexity index is 230. The molecule has 0 saturated heterocycles. The van der Waals surface area contributed by atoms with Crippen LogP contribution in [0.5, 0.6) is 0 Å². The average molecular weight is 170 g/mol. The van der Waals surface area contributed by atoms with Gasteiger partial charge in [0, 0.05) is 6.07 Å². The van der Waals surface area contributed by atoms with E-state index in [-0.39, 0.29) is 0 Å². The minimum atomic E-state index is 0.424. The second kappa shape index (κ2) is 3.43. The fourth-order valence-electron chi connectivity index (χ4n) is 0.656. The van der Waals surface area contributed by atoms with Crippen molar-refractivity contribution < 1.29 is 0 Å². The van der Waals surface area contributed by atoms with Crippen molar-refractivity contribution in [1.82, 2.24) is 9.97 Å². The molecule has 0 atom stereocenters. The van der Waals surface area contributed by atoms with Gasteiger partial charge in [-0.1, -0.05) is 18.7 Å². The van der Waals surface area contributed by atoms with Gasteiger partial charge in [-0.3, -0.25) is 0 Å². The molecule has 1 aromatic heterocycles. The van der Waals surface area contributed by atoms with Gasteiger partial charge in [-0.2, -0.15) is 0 Å². The number of nitrogens with two attached hydrogens (primary N) is 2. The Balaban J connectivity index is 2.89. The number of aromatic nitrogens is 2. The Morgan fingerprint density at radius 1 is 1.36 bits per heavy atom. The summed E-state index contributed by atoms with van der Waals surface area (Å²) in [5, 5.41) is 0.644. The minimum Gasteiger partial charge on any atom is -0.383 e. The van der Waals surface area contributed by atoms with Crippen LogP contribution in [0.25, 0.3) is 0 Å². The Kier molecular flexibility index (Phi) is 2.53. The van der Waals surface area contributed by atoms with Gasteiger partial charge in [-0.05, 0) is 5.75 Å². The third kappa shape index (κ3) is 2.27. The average Bonchev–Trinajstić information content (AvgIpc) is 1.85. The number of anilines is 2. The Morgan fingerprint density at radius 2 is 1.91 bits per heavy atom. The van der Waals surface area contributed by atoms with E-state index >= 15 is 0 Å². The standard InChI is InChI=1S/C6H10N4S/c1-2-11-6-9-4(7)3-5(8)10-6/h3H,2H2,1H3,(H4,7,8,9,10). The van der Waals surface area contributed by atoms with E-state index in [1.807, 2.05) is 6.92 Å². The smallest absolute Gasteiger partial charge is 0.191 e. The molecule has 1 aromatic rings. The third-order valence-electron chi connectivity index (χ3n) is 1.02. The summed E-state index contributed by atoms with van der Waals surface area (Å²) in [4.78, 5) is 7.95. The fourth-order valence-corrected chi connectivity index (χ4v) is 1.25. The van der Waals surface area contributed by atoms with Gasteiger partial charge in [0.05, 0.1) is 0 Å². The van der Waals surface area contributed by atoms with Crippen LogP contribution >= 0.6 is 11.8 Å². The van der Waals surface area contributed by atoms with E-state index in [9.17, 15) is 0 Å². The lowest BCUT2D eigenvalue weighted by molar-refractivity contribution is 0.985. The predicted molar refractivity (Wildman–Crippen MR) is 47.3 cm³/mol. The maximum atomic E-state index is 5.45. The molecule has 1 heterocycles. The van der Waals surface area contributed by atoms with Crippen LogP contribution in [0.4, 0.5) is 11.6 Å². The molecule has 0 radical (unpaired) electrons. The van der Waals surface area contributed by atoms with E-state index in [0.717, 1.165) is 5.75 Å². The first-order valence-corrected chi connectivity index (χ1v) is 4.23. The molecule has 0 fully saturated rings. The molecule has 0 aliphatic carbocycles. The molecule has 0 bridgehead atoms. The highest BCUT2D eigenvalue weighted by Gasteiger charge is 1.98. The summed E-state index contributed by atoms with van der Waals surface area (Å²) in [7, 11) is 0. The van der Waals surface area contributed by atoms with Gasteiger partial charge < -0.3 is 11.5 Å². The van der Waals surface area contributed by atoms with Crippen molar-refractivity contribution in [2.45, 2.75) is 12.1 Å². The molecule has 0 aliphatic heterocycles. The molecule has 11 heavy (non-hydrogen) atoms. The molecule has 0 amide bonds. The summed E-state index contributed by atoms with van der Waals surface area (Å²) in [6.45, 7) is 2.02. The molecule has 0 unspecified atom stereocenters. The van der Waals surface area contributed by atoms with Gasteiger partial charge in [0.1, 0.15) is 11.6 Å². The zero-order valence-electron chi connectivity index (χ0n) is 6.24. The summed E-state index contributed by atoms with van der Waals surface area (Å²) in [6.07, 6.45) is 0. The van der Waals surface area contributed by atoms with E-state index in [1.54, 1.807) is 6.07 Å². The van der Waals surface area contributed by atoms with Crippen molar-refractivity contribution in [2.75, 3.05) is 17.2 Å². The Hall–Kier alpha value is -0.970. The summed E-state index contributed by atoms with van der Waals surface area (Å²) in [6, 6.07) is 1.54. The molecular formula is C6H10N4S. The van der Waals surface area contributed by atoms with Crippen molar-refractivity contribution in [2.24, 2.45) is 0 Å². The quantitative estimate of drug-likeness (QED) is 0.506. The van der Waals surface area contributed by atoms with Crippen LogP contribution in [0.3, 0.4) is 0 Å². The minimum absolute atomic E-state index is 0.424. The normalized spacial score (nSPS) is 9.91. The van der Waals surface area contributed by atoms with Crippen LogP contribution in [0, 0.1) is 0 Å². The second-order valence-corrected chi connectivity index (χ2v) is 3.16. The summed E-state index contributed by atoms with van der Waals surface area (Å²) >= 11 is 1.52. The lowest BCUT2D eigenvalue weighted by atomic mass is 10.5. The molecule has 4 N–H and O–H groups in total. The first-order valence-electron chi connectivity index (χ1n) is 3.25. The number of thioether (sulfide) groups is 1. The summed E-state index contributed by atoms with van der Waals surface area (Å²) in [5.41, 5.74) is 10.9. The van der Waals surface area contributed by atoms with Gasteiger partial charge in [-0.15, -0.1) is 0 Å². The van der Waals surface area contributed by atoms with Crippen LogP contribution in [0.1, 0.15) is 6.92 Å². The van der Waals surface area contributed by atoms with E-state index in [4.69, 9.17) is 11.5 Å². The van der Waals surface area contributed by atoms with Crippen LogP contribution in [-0.2, 0) is 0 Å². The van der Waals surface area contributed by atoms with Crippen molar-refractivity contribution >= 4 is 23.4 Å². The van der Waals surface area contributed by atoms with Gasteiger partial charge >= 0.3 is 0 Å². The van der Waals surface area contributed by atoms with E-state index in [1.165, 1.54) is 11.8 Å².